The van der Waals surface area contributed by atoms with E-state index in [1.807, 2.05) is 0 Å². The lowest BCUT2D eigenvalue weighted by Gasteiger charge is -2.10. The van der Waals surface area contributed by atoms with Crippen molar-refractivity contribution in [2.24, 2.45) is 5.92 Å². The Morgan fingerprint density at radius 1 is 1.57 bits per heavy atom. The molecule has 0 aliphatic carbocycles. The van der Waals surface area contributed by atoms with Crippen LogP contribution in [0.4, 0.5) is 5.82 Å². The van der Waals surface area contributed by atoms with Gasteiger partial charge in [0.2, 0.25) is 0 Å². The molecule has 14 heavy (non-hydrogen) atoms. The van der Waals surface area contributed by atoms with Gasteiger partial charge in [0.15, 0.2) is 0 Å². The van der Waals surface area contributed by atoms with Crippen molar-refractivity contribution < 1.29 is 4.74 Å². The van der Waals surface area contributed by atoms with Crippen LogP contribution in [0.1, 0.15) is 26.7 Å². The van der Waals surface area contributed by atoms with E-state index in [1.165, 1.54) is 6.42 Å². The lowest BCUT2D eigenvalue weighted by molar-refractivity contribution is 0.234. The molecule has 4 nitrogen and oxygen atoms in total. The summed E-state index contributed by atoms with van der Waals surface area (Å²) < 4.78 is 5.40. The average molecular weight is 195 g/mol. The van der Waals surface area contributed by atoms with Crippen molar-refractivity contribution in [1.29, 1.82) is 0 Å². The second kappa shape index (κ2) is 5.42. The van der Waals surface area contributed by atoms with Gasteiger partial charge in [-0.3, -0.25) is 0 Å². The zero-order chi connectivity index (χ0) is 10.4. The monoisotopic (exact) mass is 195 g/mol. The minimum absolute atomic E-state index is 0.368. The van der Waals surface area contributed by atoms with Gasteiger partial charge in [0, 0.05) is 6.20 Å². The lowest BCUT2D eigenvalue weighted by Crippen LogP contribution is -2.10. The summed E-state index contributed by atoms with van der Waals surface area (Å²) >= 11 is 0. The summed E-state index contributed by atoms with van der Waals surface area (Å²) in [6, 6.07) is 2.01. The number of ether oxygens (including phenoxy) is 1. The zero-order valence-electron chi connectivity index (χ0n) is 8.73. The third kappa shape index (κ3) is 3.60. The Morgan fingerprint density at radius 3 is 3.00 bits per heavy atom. The Morgan fingerprint density at radius 2 is 2.36 bits per heavy atom. The Hall–Kier alpha value is -1.32. The van der Waals surface area contributed by atoms with Crippen molar-refractivity contribution in [1.82, 2.24) is 9.97 Å². The fraction of sp³-hybridized carbons (Fsp3) is 0.600. The normalized spacial score (nSPS) is 12.4. The maximum absolute atomic E-state index is 5.49. The lowest BCUT2D eigenvalue weighted by atomic mass is 10.1. The van der Waals surface area contributed by atoms with Crippen LogP contribution in [0.3, 0.4) is 0 Å². The first-order chi connectivity index (χ1) is 6.72. The Kier molecular flexibility index (Phi) is 4.16. The molecule has 78 valence electrons. The molecule has 1 heterocycles. The van der Waals surface area contributed by atoms with E-state index in [1.54, 1.807) is 12.3 Å². The van der Waals surface area contributed by atoms with Gasteiger partial charge in [-0.1, -0.05) is 20.3 Å². The quantitative estimate of drug-likeness (QED) is 0.779. The maximum Gasteiger partial charge on any atom is 0.318 e. The number of nitrogens with zero attached hydrogens (tertiary/aromatic N) is 2. The smallest absolute Gasteiger partial charge is 0.318 e. The van der Waals surface area contributed by atoms with E-state index >= 15 is 0 Å². The minimum atomic E-state index is 0.368. The number of hydrogen-bond donors (Lipinski definition) is 1. The van der Waals surface area contributed by atoms with Gasteiger partial charge in [-0.2, -0.15) is 4.98 Å². The average Bonchev–Trinajstić information content (AvgIpc) is 2.15. The number of nitrogens with two attached hydrogens (primary N) is 1. The van der Waals surface area contributed by atoms with Crippen LogP contribution in [0.2, 0.25) is 0 Å². The van der Waals surface area contributed by atoms with E-state index in [-0.39, 0.29) is 0 Å². The van der Waals surface area contributed by atoms with Gasteiger partial charge in [0.1, 0.15) is 5.82 Å². The fourth-order valence-electron chi connectivity index (χ4n) is 1.22. The first kappa shape index (κ1) is 10.8. The third-order valence-electron chi connectivity index (χ3n) is 1.93. The second-order valence-electron chi connectivity index (χ2n) is 3.47. The summed E-state index contributed by atoms with van der Waals surface area (Å²) in [5, 5.41) is 0. The molecule has 0 saturated heterocycles. The summed E-state index contributed by atoms with van der Waals surface area (Å²) in [6.07, 6.45) is 3.92. The van der Waals surface area contributed by atoms with Crippen molar-refractivity contribution in [2.45, 2.75) is 26.7 Å². The van der Waals surface area contributed by atoms with E-state index in [9.17, 15) is 0 Å². The highest BCUT2D eigenvalue weighted by molar-refractivity contribution is 5.26. The van der Waals surface area contributed by atoms with E-state index in [0.717, 1.165) is 6.42 Å². The molecule has 0 fully saturated rings. The summed E-state index contributed by atoms with van der Waals surface area (Å²) in [5.74, 6) is 0.975. The van der Waals surface area contributed by atoms with Gasteiger partial charge < -0.3 is 10.5 Å². The number of anilines is 1. The minimum Gasteiger partial charge on any atom is -0.463 e. The standard InChI is InChI=1S/C10H17N3O/c1-3-4-8(2)7-14-10-12-6-5-9(11)13-10/h5-6,8H,3-4,7H2,1-2H3,(H2,11,12,13). The molecule has 1 unspecified atom stereocenters. The van der Waals surface area contributed by atoms with Crippen LogP contribution in [-0.4, -0.2) is 16.6 Å². The van der Waals surface area contributed by atoms with Crippen LogP contribution < -0.4 is 10.5 Å². The number of hydrogen-bond acceptors (Lipinski definition) is 4. The zero-order valence-corrected chi connectivity index (χ0v) is 8.73. The molecule has 0 spiro atoms. The van der Waals surface area contributed by atoms with Crippen molar-refractivity contribution in [2.75, 3.05) is 12.3 Å². The highest BCUT2D eigenvalue weighted by atomic mass is 16.5. The maximum atomic E-state index is 5.49. The molecule has 4 heteroatoms. The molecular weight excluding hydrogens is 178 g/mol. The Bertz CT molecular complexity index is 278. The highest BCUT2D eigenvalue weighted by Crippen LogP contribution is 2.09. The molecule has 0 saturated carbocycles. The predicted octanol–water partition coefficient (Wildman–Crippen LogP) is 1.87. The van der Waals surface area contributed by atoms with Gasteiger partial charge in [0.05, 0.1) is 6.61 Å². The van der Waals surface area contributed by atoms with Crippen LogP contribution in [-0.2, 0) is 0 Å². The summed E-state index contributed by atoms with van der Waals surface area (Å²) in [6.45, 7) is 4.96. The fourth-order valence-corrected chi connectivity index (χ4v) is 1.22. The van der Waals surface area contributed by atoms with Crippen LogP contribution in [0.5, 0.6) is 6.01 Å². The van der Waals surface area contributed by atoms with E-state index in [0.29, 0.717) is 24.4 Å². The summed E-state index contributed by atoms with van der Waals surface area (Å²) in [7, 11) is 0. The summed E-state index contributed by atoms with van der Waals surface area (Å²) in [5.41, 5.74) is 5.49. The van der Waals surface area contributed by atoms with Crippen LogP contribution in [0.25, 0.3) is 0 Å². The molecule has 0 aliphatic rings. The molecule has 1 rings (SSSR count). The first-order valence-corrected chi connectivity index (χ1v) is 4.93. The molecule has 0 bridgehead atoms. The molecule has 0 aromatic carbocycles. The third-order valence-corrected chi connectivity index (χ3v) is 1.93. The molecule has 0 radical (unpaired) electrons. The van der Waals surface area contributed by atoms with Gasteiger partial charge in [0.25, 0.3) is 0 Å². The molecular formula is C10H17N3O. The SMILES string of the molecule is CCCC(C)COc1nccc(N)n1. The van der Waals surface area contributed by atoms with Crippen LogP contribution in [0.15, 0.2) is 12.3 Å². The molecule has 0 aliphatic heterocycles. The van der Waals surface area contributed by atoms with Crippen molar-refractivity contribution in [3.05, 3.63) is 12.3 Å². The van der Waals surface area contributed by atoms with Crippen molar-refractivity contribution in [3.8, 4) is 6.01 Å². The van der Waals surface area contributed by atoms with Crippen LogP contribution in [0, 0.1) is 5.92 Å². The topological polar surface area (TPSA) is 61.0 Å². The largest absolute Gasteiger partial charge is 0.463 e. The number of nitrogen functional groups attached to an aromatic ring is 1. The molecule has 0 amide bonds. The summed E-state index contributed by atoms with van der Waals surface area (Å²) in [4.78, 5) is 7.91. The van der Waals surface area contributed by atoms with Gasteiger partial charge >= 0.3 is 6.01 Å². The van der Waals surface area contributed by atoms with E-state index in [4.69, 9.17) is 10.5 Å². The molecule has 2 N–H and O–H groups in total. The number of rotatable bonds is 5. The second-order valence-corrected chi connectivity index (χ2v) is 3.47. The molecule has 1 aromatic rings. The highest BCUT2D eigenvalue weighted by Gasteiger charge is 2.03. The van der Waals surface area contributed by atoms with Crippen molar-refractivity contribution >= 4 is 5.82 Å². The van der Waals surface area contributed by atoms with E-state index in [2.05, 4.69) is 23.8 Å². The van der Waals surface area contributed by atoms with Gasteiger partial charge in [-0.15, -0.1) is 0 Å². The molecule has 1 atom stereocenters. The van der Waals surface area contributed by atoms with Crippen molar-refractivity contribution in [3.63, 3.8) is 0 Å². The van der Waals surface area contributed by atoms with Gasteiger partial charge in [-0.25, -0.2) is 4.98 Å². The Labute approximate surface area is 84.5 Å². The number of aromatic nitrogens is 2. The predicted molar refractivity (Wildman–Crippen MR) is 56.0 cm³/mol. The van der Waals surface area contributed by atoms with Gasteiger partial charge in [-0.05, 0) is 18.4 Å². The Balaban J connectivity index is 2.37. The van der Waals surface area contributed by atoms with E-state index < -0.39 is 0 Å². The first-order valence-electron chi connectivity index (χ1n) is 4.93. The molecule has 1 aromatic heterocycles. The van der Waals surface area contributed by atoms with Crippen LogP contribution >= 0.6 is 0 Å².